The number of rotatable bonds is 9. The van der Waals surface area contributed by atoms with Crippen molar-refractivity contribution in [2.75, 3.05) is 13.2 Å². The van der Waals surface area contributed by atoms with Crippen molar-refractivity contribution in [2.24, 2.45) is 0 Å². The van der Waals surface area contributed by atoms with Gasteiger partial charge in [-0.25, -0.2) is 0 Å². The summed E-state index contributed by atoms with van der Waals surface area (Å²) in [6.07, 6.45) is 1.19. The van der Waals surface area contributed by atoms with E-state index in [1.165, 1.54) is 0 Å². The summed E-state index contributed by atoms with van der Waals surface area (Å²) in [4.78, 5) is 28.0. The van der Waals surface area contributed by atoms with Gasteiger partial charge in [-0.15, -0.1) is 0 Å². The molecule has 0 saturated carbocycles. The van der Waals surface area contributed by atoms with Crippen LogP contribution in [-0.2, 0) is 24.2 Å². The number of fused-ring (bicyclic) bond motifs is 1. The Morgan fingerprint density at radius 1 is 0.969 bits per heavy atom. The van der Waals surface area contributed by atoms with Crippen LogP contribution in [0.4, 0.5) is 0 Å². The van der Waals surface area contributed by atoms with Crippen molar-refractivity contribution in [3.63, 3.8) is 0 Å². The van der Waals surface area contributed by atoms with Gasteiger partial charge in [0.1, 0.15) is 11.8 Å². The Kier molecular flexibility index (Phi) is 6.85. The summed E-state index contributed by atoms with van der Waals surface area (Å²) in [7, 11) is 0. The largest absolute Gasteiger partial charge is 0.494 e. The first-order valence-electron chi connectivity index (χ1n) is 11.1. The van der Waals surface area contributed by atoms with Gasteiger partial charge in [0, 0.05) is 25.1 Å². The normalized spacial score (nSPS) is 13.5. The zero-order valence-corrected chi connectivity index (χ0v) is 18.3. The highest BCUT2D eigenvalue weighted by Gasteiger charge is 2.36. The number of hydrogen-bond acceptors (Lipinski definition) is 3. The molecule has 0 unspecified atom stereocenters. The van der Waals surface area contributed by atoms with Crippen LogP contribution in [0.25, 0.3) is 0 Å². The summed E-state index contributed by atoms with van der Waals surface area (Å²) in [6.45, 7) is 3.56. The van der Waals surface area contributed by atoms with Crippen molar-refractivity contribution in [2.45, 2.75) is 32.4 Å². The van der Waals surface area contributed by atoms with E-state index >= 15 is 0 Å². The lowest BCUT2D eigenvalue weighted by atomic mass is 10.0. The van der Waals surface area contributed by atoms with Crippen LogP contribution >= 0.6 is 0 Å². The third-order valence-corrected chi connectivity index (χ3v) is 5.75. The maximum atomic E-state index is 13.2. The molecule has 1 N–H and O–H groups in total. The Balaban J connectivity index is 1.44. The minimum atomic E-state index is -0.558. The van der Waals surface area contributed by atoms with Crippen LogP contribution in [0.15, 0.2) is 78.9 Å². The SMILES string of the molecule is CCOc1ccc(CCNC(=O)[C@@H](Cc2ccccc2)N2Cc3ccccc3C2=O)cc1. The van der Waals surface area contributed by atoms with Crippen molar-refractivity contribution in [3.05, 3.63) is 101 Å². The first-order valence-corrected chi connectivity index (χ1v) is 11.1. The number of amides is 2. The highest BCUT2D eigenvalue weighted by atomic mass is 16.5. The Hall–Kier alpha value is -3.60. The van der Waals surface area contributed by atoms with Gasteiger partial charge >= 0.3 is 0 Å². The second-order valence-corrected chi connectivity index (χ2v) is 7.91. The van der Waals surface area contributed by atoms with E-state index in [-0.39, 0.29) is 11.8 Å². The molecule has 0 saturated heterocycles. The van der Waals surface area contributed by atoms with Crippen molar-refractivity contribution in [1.82, 2.24) is 10.2 Å². The molecule has 0 aliphatic carbocycles. The first-order chi connectivity index (χ1) is 15.7. The average Bonchev–Trinajstić information content (AvgIpc) is 3.16. The molecule has 3 aromatic rings. The van der Waals surface area contributed by atoms with Gasteiger partial charge in [0.2, 0.25) is 5.91 Å². The second-order valence-electron chi connectivity index (χ2n) is 7.91. The molecule has 3 aromatic carbocycles. The van der Waals surface area contributed by atoms with Gasteiger partial charge in [-0.05, 0) is 48.2 Å². The number of hydrogen-bond donors (Lipinski definition) is 1. The Morgan fingerprint density at radius 3 is 2.41 bits per heavy atom. The Bertz CT molecular complexity index is 1060. The summed E-state index contributed by atoms with van der Waals surface area (Å²) in [5, 5.41) is 3.05. The molecule has 1 aliphatic rings. The molecular weight excluding hydrogens is 400 g/mol. The van der Waals surface area contributed by atoms with Crippen molar-refractivity contribution in [1.29, 1.82) is 0 Å². The smallest absolute Gasteiger partial charge is 0.255 e. The summed E-state index contributed by atoms with van der Waals surface area (Å²) >= 11 is 0. The number of nitrogens with one attached hydrogen (secondary N) is 1. The van der Waals surface area contributed by atoms with Crippen LogP contribution < -0.4 is 10.1 Å². The molecule has 5 heteroatoms. The summed E-state index contributed by atoms with van der Waals surface area (Å²) in [5.74, 6) is 0.638. The molecule has 0 spiro atoms. The molecule has 1 atom stereocenters. The highest BCUT2D eigenvalue weighted by Crippen LogP contribution is 2.26. The molecule has 5 nitrogen and oxygen atoms in total. The van der Waals surface area contributed by atoms with Gasteiger partial charge in [0.05, 0.1) is 6.61 Å². The minimum Gasteiger partial charge on any atom is -0.494 e. The maximum absolute atomic E-state index is 13.2. The first kappa shape index (κ1) is 21.6. The molecule has 0 fully saturated rings. The topological polar surface area (TPSA) is 58.6 Å². The van der Waals surface area contributed by atoms with Crippen LogP contribution in [0.2, 0.25) is 0 Å². The van der Waals surface area contributed by atoms with Gasteiger partial charge in [0.25, 0.3) is 5.91 Å². The Labute approximate surface area is 189 Å². The second kappa shape index (κ2) is 10.1. The number of benzene rings is 3. The monoisotopic (exact) mass is 428 g/mol. The van der Waals surface area contributed by atoms with Crippen LogP contribution in [0.3, 0.4) is 0 Å². The van der Waals surface area contributed by atoms with E-state index in [4.69, 9.17) is 4.74 Å². The molecule has 1 aliphatic heterocycles. The van der Waals surface area contributed by atoms with Crippen molar-refractivity contribution >= 4 is 11.8 Å². The number of nitrogens with zero attached hydrogens (tertiary/aromatic N) is 1. The molecule has 4 rings (SSSR count). The van der Waals surface area contributed by atoms with Crippen molar-refractivity contribution in [3.8, 4) is 5.75 Å². The third kappa shape index (κ3) is 4.99. The fourth-order valence-corrected chi connectivity index (χ4v) is 4.08. The lowest BCUT2D eigenvalue weighted by Gasteiger charge is -2.27. The van der Waals surface area contributed by atoms with Gasteiger partial charge in [-0.1, -0.05) is 60.7 Å². The summed E-state index contributed by atoms with van der Waals surface area (Å²) in [5.41, 5.74) is 3.81. The molecule has 0 radical (unpaired) electrons. The molecule has 164 valence electrons. The van der Waals surface area contributed by atoms with E-state index in [1.54, 1.807) is 4.90 Å². The molecule has 32 heavy (non-hydrogen) atoms. The third-order valence-electron chi connectivity index (χ3n) is 5.75. The molecule has 2 amide bonds. The minimum absolute atomic E-state index is 0.0804. The van der Waals surface area contributed by atoms with Gasteiger partial charge in [-0.3, -0.25) is 9.59 Å². The zero-order chi connectivity index (χ0) is 22.3. The van der Waals surface area contributed by atoms with Gasteiger partial charge < -0.3 is 15.0 Å². The van der Waals surface area contributed by atoms with Crippen LogP contribution in [0.1, 0.15) is 34.0 Å². The van der Waals surface area contributed by atoms with E-state index in [9.17, 15) is 9.59 Å². The van der Waals surface area contributed by atoms with Gasteiger partial charge in [0.15, 0.2) is 0 Å². The molecule has 0 aromatic heterocycles. The molecule has 1 heterocycles. The molecule has 0 bridgehead atoms. The van der Waals surface area contributed by atoms with Crippen molar-refractivity contribution < 1.29 is 14.3 Å². The van der Waals surface area contributed by atoms with Gasteiger partial charge in [-0.2, -0.15) is 0 Å². The van der Waals surface area contributed by atoms with E-state index < -0.39 is 6.04 Å². The summed E-state index contributed by atoms with van der Waals surface area (Å²) in [6, 6.07) is 24.8. The van der Waals surface area contributed by atoms with E-state index in [0.29, 0.717) is 38.1 Å². The fourth-order valence-electron chi connectivity index (χ4n) is 4.08. The van der Waals surface area contributed by atoms with E-state index in [2.05, 4.69) is 5.32 Å². The number of carbonyl (C=O) groups is 2. The average molecular weight is 429 g/mol. The predicted octanol–water partition coefficient (Wildman–Crippen LogP) is 4.01. The summed E-state index contributed by atoms with van der Waals surface area (Å²) < 4.78 is 5.48. The standard InChI is InChI=1S/C27H28N2O3/c1-2-32-23-14-12-20(13-15-23)16-17-28-26(30)25(18-21-8-4-3-5-9-21)29-19-22-10-6-7-11-24(22)27(29)31/h3-15,25H,2,16-19H2,1H3,(H,28,30)/t25-/m1/s1. The Morgan fingerprint density at radius 2 is 1.69 bits per heavy atom. The lowest BCUT2D eigenvalue weighted by molar-refractivity contribution is -0.125. The lowest BCUT2D eigenvalue weighted by Crippen LogP contribution is -2.48. The molecular formula is C27H28N2O3. The highest BCUT2D eigenvalue weighted by molar-refractivity contribution is 6.01. The number of carbonyl (C=O) groups excluding carboxylic acids is 2. The zero-order valence-electron chi connectivity index (χ0n) is 18.3. The number of ether oxygens (including phenoxy) is 1. The van der Waals surface area contributed by atoms with E-state index in [0.717, 1.165) is 22.4 Å². The predicted molar refractivity (Wildman–Crippen MR) is 125 cm³/mol. The van der Waals surface area contributed by atoms with Crippen LogP contribution in [0.5, 0.6) is 5.75 Å². The van der Waals surface area contributed by atoms with Crippen LogP contribution in [-0.4, -0.2) is 35.9 Å². The van der Waals surface area contributed by atoms with Crippen LogP contribution in [0, 0.1) is 0 Å². The quantitative estimate of drug-likeness (QED) is 0.560. The maximum Gasteiger partial charge on any atom is 0.255 e. The fraction of sp³-hybridized carbons (Fsp3) is 0.259. The van der Waals surface area contributed by atoms with E-state index in [1.807, 2.05) is 85.8 Å².